The maximum Gasteiger partial charge on any atom is 0.230 e. The molecule has 1 saturated heterocycles. The highest BCUT2D eigenvalue weighted by Crippen LogP contribution is 2.11. The number of nitrogens with zero attached hydrogens (tertiary/aromatic N) is 1. The Morgan fingerprint density at radius 3 is 2.54 bits per heavy atom. The quantitative estimate of drug-likeness (QED) is 0.584. The van der Waals surface area contributed by atoms with Crippen LogP contribution in [0.25, 0.3) is 0 Å². The van der Waals surface area contributed by atoms with E-state index in [0.717, 1.165) is 0 Å². The maximum atomic E-state index is 11.2. The van der Waals surface area contributed by atoms with E-state index in [1.165, 1.54) is 4.90 Å². The fraction of sp³-hybridized carbons (Fsp3) is 0.750. The lowest BCUT2D eigenvalue weighted by atomic mass is 10.3. The van der Waals surface area contributed by atoms with E-state index in [9.17, 15) is 13.8 Å². The van der Waals surface area contributed by atoms with Gasteiger partial charge in [-0.1, -0.05) is 0 Å². The van der Waals surface area contributed by atoms with Crippen LogP contribution in [-0.2, 0) is 20.4 Å². The maximum absolute atomic E-state index is 11.2. The second-order valence-corrected chi connectivity index (χ2v) is 4.81. The van der Waals surface area contributed by atoms with Crippen molar-refractivity contribution in [3.8, 4) is 0 Å². The Balaban J connectivity index is 2.56. The van der Waals surface area contributed by atoms with Gasteiger partial charge in [-0.25, -0.2) is 0 Å². The molecule has 1 fully saturated rings. The number of Topliss-reactive ketones (excluding diaryl/α,β-unsaturated/α-hetero) is 1. The first-order valence-electron chi connectivity index (χ1n) is 4.12. The van der Waals surface area contributed by atoms with Gasteiger partial charge in [-0.05, 0) is 6.92 Å². The van der Waals surface area contributed by atoms with Gasteiger partial charge in [0.2, 0.25) is 5.91 Å². The van der Waals surface area contributed by atoms with Gasteiger partial charge in [0.15, 0.2) is 5.78 Å². The summed E-state index contributed by atoms with van der Waals surface area (Å²) < 4.78 is 10.9. The first-order chi connectivity index (χ1) is 6.00. The Bertz CT molecular complexity index is 264. The average Bonchev–Trinajstić information content (AvgIpc) is 2.28. The van der Waals surface area contributed by atoms with Crippen molar-refractivity contribution in [3.63, 3.8) is 0 Å². The van der Waals surface area contributed by atoms with E-state index in [-0.39, 0.29) is 30.7 Å². The van der Waals surface area contributed by atoms with Gasteiger partial charge in [0.25, 0.3) is 0 Å². The van der Waals surface area contributed by atoms with E-state index < -0.39 is 10.8 Å². The largest absolute Gasteiger partial charge is 0.331 e. The number of hydrogen-bond donors (Lipinski definition) is 0. The second kappa shape index (κ2) is 4.00. The summed E-state index contributed by atoms with van der Waals surface area (Å²) in [6, 6.07) is -0.0928. The van der Waals surface area contributed by atoms with Gasteiger partial charge in [-0.15, -0.1) is 0 Å². The summed E-state index contributed by atoms with van der Waals surface area (Å²) in [5, 5.41) is 0. The minimum Gasteiger partial charge on any atom is -0.331 e. The van der Waals surface area contributed by atoms with Crippen LogP contribution in [0, 0.1) is 0 Å². The molecule has 74 valence electrons. The second-order valence-electron chi connectivity index (χ2n) is 3.33. The van der Waals surface area contributed by atoms with Crippen LogP contribution < -0.4 is 0 Å². The summed E-state index contributed by atoms with van der Waals surface area (Å²) in [6.07, 6.45) is 1.61. The molecular weight excluding hydrogens is 190 g/mol. The molecule has 1 aliphatic rings. The number of ketones is 1. The molecule has 1 rings (SSSR count). The molecular formula is C8H13NO3S. The predicted octanol–water partition coefficient (Wildman–Crippen LogP) is -0.445. The summed E-state index contributed by atoms with van der Waals surface area (Å²) in [5.41, 5.74) is 0. The number of carbonyl (C=O) groups is 2. The van der Waals surface area contributed by atoms with Crippen LogP contribution >= 0.6 is 0 Å². The van der Waals surface area contributed by atoms with Crippen molar-refractivity contribution in [2.75, 3.05) is 18.6 Å². The van der Waals surface area contributed by atoms with Gasteiger partial charge < -0.3 is 4.90 Å². The summed E-state index contributed by atoms with van der Waals surface area (Å²) in [7, 11) is -0.923. The van der Waals surface area contributed by atoms with E-state index in [1.807, 2.05) is 6.92 Å². The van der Waals surface area contributed by atoms with Crippen molar-refractivity contribution in [1.29, 1.82) is 0 Å². The fourth-order valence-corrected chi connectivity index (χ4v) is 2.29. The Labute approximate surface area is 79.7 Å². The third kappa shape index (κ3) is 2.62. The summed E-state index contributed by atoms with van der Waals surface area (Å²) in [4.78, 5) is 23.6. The van der Waals surface area contributed by atoms with Gasteiger partial charge in [-0.3, -0.25) is 13.8 Å². The molecule has 0 aliphatic carbocycles. The first-order valence-corrected chi connectivity index (χ1v) is 5.84. The summed E-state index contributed by atoms with van der Waals surface area (Å²) in [6.45, 7) is 2.01. The highest BCUT2D eigenvalue weighted by atomic mass is 32.2. The topological polar surface area (TPSA) is 54.5 Å². The molecule has 1 heterocycles. The van der Waals surface area contributed by atoms with Crippen LogP contribution in [0.15, 0.2) is 0 Å². The third-order valence-electron chi connectivity index (χ3n) is 2.02. The van der Waals surface area contributed by atoms with Gasteiger partial charge in [-0.2, -0.15) is 0 Å². The standard InChI is InChI=1S/C8H13NO3S/c1-6(5-13(2)12)9-4-7(10)3-8(9)11/h6H,3-5H2,1-2H3. The van der Waals surface area contributed by atoms with Crippen LogP contribution in [0.1, 0.15) is 13.3 Å². The van der Waals surface area contributed by atoms with E-state index in [1.54, 1.807) is 6.26 Å². The lowest BCUT2D eigenvalue weighted by Crippen LogP contribution is -2.37. The molecule has 0 bridgehead atoms. The molecule has 13 heavy (non-hydrogen) atoms. The minimum absolute atomic E-state index is 0.0146. The molecule has 0 radical (unpaired) electrons. The van der Waals surface area contributed by atoms with Crippen molar-refractivity contribution in [3.05, 3.63) is 0 Å². The van der Waals surface area contributed by atoms with Crippen LogP contribution in [0.5, 0.6) is 0 Å². The van der Waals surface area contributed by atoms with Crippen molar-refractivity contribution >= 4 is 22.5 Å². The molecule has 1 amide bonds. The van der Waals surface area contributed by atoms with Gasteiger partial charge in [0, 0.05) is 28.9 Å². The number of amides is 1. The van der Waals surface area contributed by atoms with E-state index in [4.69, 9.17) is 0 Å². The highest BCUT2D eigenvalue weighted by Gasteiger charge is 2.30. The SMILES string of the molecule is CC(CS(C)=O)N1CC(=O)CC1=O. The average molecular weight is 203 g/mol. The van der Waals surface area contributed by atoms with Crippen LogP contribution in [0.2, 0.25) is 0 Å². The van der Waals surface area contributed by atoms with Gasteiger partial charge in [0.1, 0.15) is 0 Å². The minimum atomic E-state index is -0.923. The fourth-order valence-electron chi connectivity index (χ4n) is 1.44. The molecule has 5 heteroatoms. The molecule has 1 aliphatic heterocycles. The lowest BCUT2D eigenvalue weighted by Gasteiger charge is -2.22. The predicted molar refractivity (Wildman–Crippen MR) is 49.7 cm³/mol. The molecule has 0 N–H and O–H groups in total. The molecule has 2 atom stereocenters. The highest BCUT2D eigenvalue weighted by molar-refractivity contribution is 7.84. The molecule has 0 spiro atoms. The number of rotatable bonds is 3. The molecule has 2 unspecified atom stereocenters. The van der Waals surface area contributed by atoms with Crippen LogP contribution in [0.3, 0.4) is 0 Å². The van der Waals surface area contributed by atoms with E-state index >= 15 is 0 Å². The molecule has 0 aromatic heterocycles. The zero-order valence-corrected chi connectivity index (χ0v) is 8.60. The van der Waals surface area contributed by atoms with Crippen molar-refractivity contribution < 1.29 is 13.8 Å². The lowest BCUT2D eigenvalue weighted by molar-refractivity contribution is -0.129. The Hall–Kier alpha value is -0.710. The molecule has 0 aromatic carbocycles. The van der Waals surface area contributed by atoms with Crippen molar-refractivity contribution in [2.45, 2.75) is 19.4 Å². The number of hydrogen-bond acceptors (Lipinski definition) is 3. The Kier molecular flexibility index (Phi) is 3.19. The summed E-state index contributed by atoms with van der Waals surface area (Å²) in [5.74, 6) is 0.264. The summed E-state index contributed by atoms with van der Waals surface area (Å²) >= 11 is 0. The smallest absolute Gasteiger partial charge is 0.230 e. The zero-order valence-electron chi connectivity index (χ0n) is 7.78. The molecule has 0 aromatic rings. The van der Waals surface area contributed by atoms with Crippen molar-refractivity contribution in [1.82, 2.24) is 4.90 Å². The third-order valence-corrected chi connectivity index (χ3v) is 2.98. The molecule has 4 nitrogen and oxygen atoms in total. The monoisotopic (exact) mass is 203 g/mol. The van der Waals surface area contributed by atoms with E-state index in [2.05, 4.69) is 0 Å². The van der Waals surface area contributed by atoms with Crippen LogP contribution in [-0.4, -0.2) is 45.4 Å². The zero-order chi connectivity index (χ0) is 10.0. The Morgan fingerprint density at radius 2 is 2.15 bits per heavy atom. The molecule has 0 saturated carbocycles. The number of likely N-dealkylation sites (tertiary alicyclic amines) is 1. The normalized spacial score (nSPS) is 22.2. The van der Waals surface area contributed by atoms with Crippen LogP contribution in [0.4, 0.5) is 0 Å². The van der Waals surface area contributed by atoms with Gasteiger partial charge >= 0.3 is 0 Å². The van der Waals surface area contributed by atoms with Crippen molar-refractivity contribution in [2.24, 2.45) is 0 Å². The van der Waals surface area contributed by atoms with Gasteiger partial charge in [0.05, 0.1) is 13.0 Å². The first kappa shape index (κ1) is 10.4. The Morgan fingerprint density at radius 1 is 1.54 bits per heavy atom. The van der Waals surface area contributed by atoms with E-state index in [0.29, 0.717) is 5.75 Å². The number of carbonyl (C=O) groups excluding carboxylic acids is 2.